The number of anilines is 1. The van der Waals surface area contributed by atoms with E-state index in [1.54, 1.807) is 19.2 Å². The van der Waals surface area contributed by atoms with E-state index in [1.165, 1.54) is 6.33 Å². The Labute approximate surface area is 197 Å². The van der Waals surface area contributed by atoms with Crippen LogP contribution in [-0.2, 0) is 6.54 Å². The largest absolute Gasteiger partial charge is 0.496 e. The van der Waals surface area contributed by atoms with Crippen molar-refractivity contribution in [1.29, 1.82) is 0 Å². The Morgan fingerprint density at radius 3 is 2.76 bits per heavy atom. The SMILES string of the molecule is COc1ccccc1C(=O)NCc1ccc(-c2nn(C3C=CCCC3)c3ncnc(N)c23)cc1. The molecule has 34 heavy (non-hydrogen) atoms. The minimum Gasteiger partial charge on any atom is -0.496 e. The van der Waals surface area contributed by atoms with Crippen molar-refractivity contribution >= 4 is 22.8 Å². The van der Waals surface area contributed by atoms with Gasteiger partial charge in [0, 0.05) is 12.1 Å². The number of aromatic nitrogens is 4. The lowest BCUT2D eigenvalue weighted by Gasteiger charge is -2.17. The number of carbonyl (C=O) groups excluding carboxylic acids is 1. The predicted octanol–water partition coefficient (Wildman–Crippen LogP) is 4.30. The smallest absolute Gasteiger partial charge is 0.255 e. The molecule has 0 fully saturated rings. The Bertz CT molecular complexity index is 1360. The number of hydrogen-bond acceptors (Lipinski definition) is 6. The number of nitrogens with two attached hydrogens (primary N) is 1. The second-order valence-electron chi connectivity index (χ2n) is 8.26. The third-order valence-electron chi connectivity index (χ3n) is 6.09. The van der Waals surface area contributed by atoms with Gasteiger partial charge in [-0.2, -0.15) is 5.10 Å². The predicted molar refractivity (Wildman–Crippen MR) is 131 cm³/mol. The highest BCUT2D eigenvalue weighted by molar-refractivity contribution is 5.98. The molecular weight excluding hydrogens is 428 g/mol. The van der Waals surface area contributed by atoms with Crippen LogP contribution in [0.3, 0.4) is 0 Å². The van der Waals surface area contributed by atoms with Gasteiger partial charge in [0.05, 0.1) is 24.1 Å². The first kappa shape index (κ1) is 21.6. The number of amides is 1. The maximum absolute atomic E-state index is 12.6. The van der Waals surface area contributed by atoms with Crippen LogP contribution in [0, 0.1) is 0 Å². The summed E-state index contributed by atoms with van der Waals surface area (Å²) in [7, 11) is 1.55. The molecule has 5 rings (SSSR count). The van der Waals surface area contributed by atoms with Crippen molar-refractivity contribution in [3.63, 3.8) is 0 Å². The van der Waals surface area contributed by atoms with Crippen LogP contribution in [0.1, 0.15) is 41.2 Å². The van der Waals surface area contributed by atoms with Gasteiger partial charge in [-0.15, -0.1) is 0 Å². The molecule has 4 aromatic rings. The summed E-state index contributed by atoms with van der Waals surface area (Å²) < 4.78 is 7.24. The van der Waals surface area contributed by atoms with Gasteiger partial charge in [-0.3, -0.25) is 4.79 Å². The highest BCUT2D eigenvalue weighted by Gasteiger charge is 2.21. The van der Waals surface area contributed by atoms with E-state index in [1.807, 2.05) is 41.1 Å². The molecule has 8 heteroatoms. The third kappa shape index (κ3) is 4.10. The first-order valence-corrected chi connectivity index (χ1v) is 11.3. The Balaban J connectivity index is 1.39. The molecule has 2 heterocycles. The van der Waals surface area contributed by atoms with Crippen LogP contribution in [-0.4, -0.2) is 32.8 Å². The summed E-state index contributed by atoms with van der Waals surface area (Å²) >= 11 is 0. The van der Waals surface area contributed by atoms with Gasteiger partial charge in [0.1, 0.15) is 23.6 Å². The summed E-state index contributed by atoms with van der Waals surface area (Å²) in [6, 6.07) is 15.2. The molecule has 0 aliphatic heterocycles. The molecule has 2 aromatic carbocycles. The van der Waals surface area contributed by atoms with Crippen LogP contribution in [0.2, 0.25) is 0 Å². The van der Waals surface area contributed by atoms with Crippen molar-refractivity contribution in [2.45, 2.75) is 31.8 Å². The average molecular weight is 455 g/mol. The minimum atomic E-state index is -0.184. The standard InChI is InChI=1S/C26H26N6O2/c1-34-21-10-6-5-9-20(21)26(33)28-15-17-11-13-18(14-12-17)23-22-24(27)29-16-30-25(22)32(31-23)19-7-3-2-4-8-19/h3,5-7,9-14,16,19H,2,4,8,15H2,1H3,(H,28,33)(H2,27,29,30). The van der Waals surface area contributed by atoms with E-state index in [0.717, 1.165) is 47.1 Å². The highest BCUT2D eigenvalue weighted by Crippen LogP contribution is 2.34. The zero-order valence-electron chi connectivity index (χ0n) is 18.9. The number of allylic oxidation sites excluding steroid dienone is 2. The lowest BCUT2D eigenvalue weighted by molar-refractivity contribution is 0.0948. The van der Waals surface area contributed by atoms with Crippen molar-refractivity contribution in [3.8, 4) is 17.0 Å². The van der Waals surface area contributed by atoms with Crippen molar-refractivity contribution in [1.82, 2.24) is 25.1 Å². The molecule has 2 aromatic heterocycles. The summed E-state index contributed by atoms with van der Waals surface area (Å²) in [5, 5.41) is 8.62. The van der Waals surface area contributed by atoms with Gasteiger partial charge >= 0.3 is 0 Å². The first-order valence-electron chi connectivity index (χ1n) is 11.3. The zero-order chi connectivity index (χ0) is 23.5. The number of ether oxygens (including phenoxy) is 1. The molecule has 1 aliphatic rings. The number of nitrogen functional groups attached to an aromatic ring is 1. The van der Waals surface area contributed by atoms with Gasteiger partial charge in [-0.25, -0.2) is 14.6 Å². The number of hydrogen-bond donors (Lipinski definition) is 2. The zero-order valence-corrected chi connectivity index (χ0v) is 18.9. The van der Waals surface area contributed by atoms with Gasteiger partial charge in [0.25, 0.3) is 5.91 Å². The van der Waals surface area contributed by atoms with Crippen molar-refractivity contribution in [3.05, 3.63) is 78.1 Å². The van der Waals surface area contributed by atoms with Gasteiger partial charge < -0.3 is 15.8 Å². The molecule has 1 unspecified atom stereocenters. The van der Waals surface area contributed by atoms with E-state index in [-0.39, 0.29) is 11.9 Å². The molecular formula is C26H26N6O2. The molecule has 0 saturated heterocycles. The molecule has 172 valence electrons. The average Bonchev–Trinajstić information content (AvgIpc) is 3.29. The second-order valence-corrected chi connectivity index (χ2v) is 8.26. The van der Waals surface area contributed by atoms with E-state index in [4.69, 9.17) is 15.6 Å². The summed E-state index contributed by atoms with van der Waals surface area (Å²) in [5.41, 5.74) is 10.1. The van der Waals surface area contributed by atoms with E-state index in [9.17, 15) is 4.79 Å². The molecule has 0 bridgehead atoms. The number of benzene rings is 2. The van der Waals surface area contributed by atoms with Gasteiger partial charge in [-0.1, -0.05) is 48.6 Å². The molecule has 1 atom stereocenters. The van der Waals surface area contributed by atoms with Crippen LogP contribution in [0.25, 0.3) is 22.3 Å². The number of carbonyl (C=O) groups is 1. The summed E-state index contributed by atoms with van der Waals surface area (Å²) in [5.74, 6) is 0.779. The van der Waals surface area contributed by atoms with Crippen LogP contribution in [0.15, 0.2) is 67.0 Å². The first-order chi connectivity index (χ1) is 16.7. The molecule has 8 nitrogen and oxygen atoms in total. The number of nitrogens with zero attached hydrogens (tertiary/aromatic N) is 4. The Morgan fingerprint density at radius 2 is 2.00 bits per heavy atom. The molecule has 0 saturated carbocycles. The summed E-state index contributed by atoms with van der Waals surface area (Å²) in [4.78, 5) is 21.3. The normalized spacial score (nSPS) is 15.4. The van der Waals surface area contributed by atoms with Crippen LogP contribution in [0.5, 0.6) is 5.75 Å². The van der Waals surface area contributed by atoms with Gasteiger partial charge in [0.2, 0.25) is 0 Å². The molecule has 1 amide bonds. The van der Waals surface area contributed by atoms with Crippen LogP contribution < -0.4 is 15.8 Å². The molecule has 3 N–H and O–H groups in total. The maximum atomic E-state index is 12.6. The lowest BCUT2D eigenvalue weighted by atomic mass is 10.0. The van der Waals surface area contributed by atoms with E-state index < -0.39 is 0 Å². The third-order valence-corrected chi connectivity index (χ3v) is 6.09. The highest BCUT2D eigenvalue weighted by atomic mass is 16.5. The Kier molecular flexibility index (Phi) is 5.95. The van der Waals surface area contributed by atoms with Crippen molar-refractivity contribution in [2.75, 3.05) is 12.8 Å². The molecule has 1 aliphatic carbocycles. The minimum absolute atomic E-state index is 0.156. The van der Waals surface area contributed by atoms with Crippen LogP contribution >= 0.6 is 0 Å². The van der Waals surface area contributed by atoms with E-state index in [2.05, 4.69) is 27.4 Å². The van der Waals surface area contributed by atoms with Crippen molar-refractivity contribution in [2.24, 2.45) is 0 Å². The van der Waals surface area contributed by atoms with Crippen LogP contribution in [0.4, 0.5) is 5.82 Å². The van der Waals surface area contributed by atoms with E-state index in [0.29, 0.717) is 23.7 Å². The fourth-order valence-corrected chi connectivity index (χ4v) is 4.32. The summed E-state index contributed by atoms with van der Waals surface area (Å²) in [6.07, 6.45) is 9.09. The van der Waals surface area contributed by atoms with Crippen molar-refractivity contribution < 1.29 is 9.53 Å². The Hall–Kier alpha value is -4.20. The molecule has 0 spiro atoms. The number of rotatable bonds is 6. The van der Waals surface area contributed by atoms with Gasteiger partial charge in [0.15, 0.2) is 5.65 Å². The summed E-state index contributed by atoms with van der Waals surface area (Å²) in [6.45, 7) is 0.393. The second kappa shape index (κ2) is 9.35. The monoisotopic (exact) mass is 454 g/mol. The number of para-hydroxylation sites is 1. The topological polar surface area (TPSA) is 108 Å². The Morgan fingerprint density at radius 1 is 1.18 bits per heavy atom. The number of nitrogens with one attached hydrogen (secondary N) is 1. The van der Waals surface area contributed by atoms with E-state index >= 15 is 0 Å². The fourth-order valence-electron chi connectivity index (χ4n) is 4.32. The maximum Gasteiger partial charge on any atom is 0.255 e. The quantitative estimate of drug-likeness (QED) is 0.421. The lowest BCUT2D eigenvalue weighted by Crippen LogP contribution is -2.23. The number of methoxy groups -OCH3 is 1. The fraction of sp³-hybridized carbons (Fsp3) is 0.231. The van der Waals surface area contributed by atoms with Gasteiger partial charge in [-0.05, 0) is 37.0 Å². The molecule has 0 radical (unpaired) electrons. The number of fused-ring (bicyclic) bond motifs is 1.